The van der Waals surface area contributed by atoms with Crippen molar-refractivity contribution in [1.82, 2.24) is 14.9 Å². The van der Waals surface area contributed by atoms with Crippen LogP contribution in [0, 0.1) is 0 Å². The molecule has 1 aromatic carbocycles. The molecular weight excluding hydrogens is 266 g/mol. The van der Waals surface area contributed by atoms with Crippen LogP contribution in [0.3, 0.4) is 0 Å². The van der Waals surface area contributed by atoms with Crippen molar-refractivity contribution in [2.24, 2.45) is 7.05 Å². The average Bonchev–Trinajstić information content (AvgIpc) is 2.94. The molecule has 1 aliphatic rings. The van der Waals surface area contributed by atoms with Gasteiger partial charge in [0, 0.05) is 19.4 Å². The molecule has 0 radical (unpaired) electrons. The highest BCUT2D eigenvalue weighted by molar-refractivity contribution is 5.41. The summed E-state index contributed by atoms with van der Waals surface area (Å²) in [6.07, 6.45) is 4.74. The zero-order valence-corrected chi connectivity index (χ0v) is 12.5. The van der Waals surface area contributed by atoms with Gasteiger partial charge in [0.15, 0.2) is 17.6 Å². The number of hydrogen-bond donors (Lipinski definition) is 1. The lowest BCUT2D eigenvalue weighted by Gasteiger charge is -2.32. The monoisotopic (exact) mass is 287 g/mol. The molecule has 2 heterocycles. The van der Waals surface area contributed by atoms with Crippen molar-refractivity contribution in [3.8, 4) is 11.5 Å². The molecule has 21 heavy (non-hydrogen) atoms. The van der Waals surface area contributed by atoms with Crippen LogP contribution >= 0.6 is 0 Å². The van der Waals surface area contributed by atoms with Crippen LogP contribution in [0.2, 0.25) is 0 Å². The summed E-state index contributed by atoms with van der Waals surface area (Å²) in [4.78, 5) is 4.47. The van der Waals surface area contributed by atoms with Gasteiger partial charge in [0.2, 0.25) is 0 Å². The molecule has 112 valence electrons. The van der Waals surface area contributed by atoms with Gasteiger partial charge in [-0.1, -0.05) is 19.1 Å². The van der Waals surface area contributed by atoms with Crippen LogP contribution < -0.4 is 14.8 Å². The molecular formula is C16H21N3O2. The minimum atomic E-state index is -0.0902. The van der Waals surface area contributed by atoms with Gasteiger partial charge in [-0.15, -0.1) is 0 Å². The van der Waals surface area contributed by atoms with Gasteiger partial charge in [-0.25, -0.2) is 4.98 Å². The standard InChI is InChI=1S/C16H21N3O2/c1-3-8-17-15(16-18-9-10-19(16)2)14-11-20-12-6-4-5-7-13(12)21-14/h4-7,9-10,14-15,17H,3,8,11H2,1-2H3. The van der Waals surface area contributed by atoms with Crippen LogP contribution in [0.1, 0.15) is 25.2 Å². The number of hydrogen-bond acceptors (Lipinski definition) is 4. The normalized spacial score (nSPS) is 18.5. The second-order valence-corrected chi connectivity index (χ2v) is 5.24. The van der Waals surface area contributed by atoms with Crippen LogP contribution in [-0.2, 0) is 7.05 Å². The zero-order valence-electron chi connectivity index (χ0n) is 12.5. The third-order valence-corrected chi connectivity index (χ3v) is 3.65. The third kappa shape index (κ3) is 2.88. The van der Waals surface area contributed by atoms with Crippen LogP contribution in [0.5, 0.6) is 11.5 Å². The number of benzene rings is 1. The molecule has 0 saturated heterocycles. The van der Waals surface area contributed by atoms with Crippen LogP contribution in [0.4, 0.5) is 0 Å². The van der Waals surface area contributed by atoms with Gasteiger partial charge < -0.3 is 19.4 Å². The summed E-state index contributed by atoms with van der Waals surface area (Å²) in [5, 5.41) is 3.52. The summed E-state index contributed by atoms with van der Waals surface area (Å²) < 4.78 is 14.0. The molecule has 3 rings (SSSR count). The summed E-state index contributed by atoms with van der Waals surface area (Å²) in [5.41, 5.74) is 0. The Hall–Kier alpha value is -2.01. The van der Waals surface area contributed by atoms with E-state index in [9.17, 15) is 0 Å². The second kappa shape index (κ2) is 6.18. The lowest BCUT2D eigenvalue weighted by Crippen LogP contribution is -2.43. The zero-order chi connectivity index (χ0) is 14.7. The maximum absolute atomic E-state index is 6.13. The van der Waals surface area contributed by atoms with E-state index in [0.29, 0.717) is 6.61 Å². The summed E-state index contributed by atoms with van der Waals surface area (Å²) in [6, 6.07) is 7.80. The number of ether oxygens (including phenoxy) is 2. The van der Waals surface area contributed by atoms with Gasteiger partial charge >= 0.3 is 0 Å². The van der Waals surface area contributed by atoms with Crippen molar-refractivity contribution < 1.29 is 9.47 Å². The van der Waals surface area contributed by atoms with E-state index < -0.39 is 0 Å². The maximum Gasteiger partial charge on any atom is 0.161 e. The number of para-hydroxylation sites is 2. The minimum absolute atomic E-state index is 0.0123. The average molecular weight is 287 g/mol. The molecule has 1 aliphatic heterocycles. The first-order valence-electron chi connectivity index (χ1n) is 7.38. The number of fused-ring (bicyclic) bond motifs is 1. The molecule has 0 amide bonds. The molecule has 1 N–H and O–H groups in total. The third-order valence-electron chi connectivity index (χ3n) is 3.65. The van der Waals surface area contributed by atoms with Crippen molar-refractivity contribution in [3.63, 3.8) is 0 Å². The second-order valence-electron chi connectivity index (χ2n) is 5.24. The van der Waals surface area contributed by atoms with Crippen LogP contribution in [-0.4, -0.2) is 28.8 Å². The number of rotatable bonds is 5. The fourth-order valence-corrected chi connectivity index (χ4v) is 2.57. The highest BCUT2D eigenvalue weighted by atomic mass is 16.6. The van der Waals surface area contributed by atoms with E-state index in [1.807, 2.05) is 48.3 Å². The molecule has 0 saturated carbocycles. The molecule has 5 nitrogen and oxygen atoms in total. The predicted molar refractivity (Wildman–Crippen MR) is 80.6 cm³/mol. The molecule has 1 aromatic heterocycles. The summed E-state index contributed by atoms with van der Waals surface area (Å²) >= 11 is 0. The van der Waals surface area contributed by atoms with Crippen molar-refractivity contribution in [2.75, 3.05) is 13.2 Å². The Morgan fingerprint density at radius 1 is 1.38 bits per heavy atom. The molecule has 2 atom stereocenters. The maximum atomic E-state index is 6.13. The Balaban J connectivity index is 1.83. The van der Waals surface area contributed by atoms with Gasteiger partial charge in [0.05, 0.1) is 0 Å². The number of aryl methyl sites for hydroxylation is 1. The van der Waals surface area contributed by atoms with Gasteiger partial charge in [-0.2, -0.15) is 0 Å². The van der Waals surface area contributed by atoms with E-state index in [0.717, 1.165) is 30.3 Å². The van der Waals surface area contributed by atoms with E-state index in [2.05, 4.69) is 17.2 Å². The first kappa shape index (κ1) is 13.9. The van der Waals surface area contributed by atoms with E-state index >= 15 is 0 Å². The lowest BCUT2D eigenvalue weighted by atomic mass is 10.1. The molecule has 0 aliphatic carbocycles. The summed E-state index contributed by atoms with van der Waals surface area (Å²) in [5.74, 6) is 2.57. The van der Waals surface area contributed by atoms with E-state index in [1.54, 1.807) is 0 Å². The Morgan fingerprint density at radius 3 is 2.90 bits per heavy atom. The Bertz CT molecular complexity index is 597. The summed E-state index contributed by atoms with van der Waals surface area (Å²) in [7, 11) is 2.00. The minimum Gasteiger partial charge on any atom is -0.486 e. The smallest absolute Gasteiger partial charge is 0.161 e. The molecule has 2 aromatic rings. The first-order chi connectivity index (χ1) is 10.3. The van der Waals surface area contributed by atoms with Gasteiger partial charge in [-0.05, 0) is 25.1 Å². The van der Waals surface area contributed by atoms with Crippen molar-refractivity contribution >= 4 is 0 Å². The highest BCUT2D eigenvalue weighted by Gasteiger charge is 2.31. The van der Waals surface area contributed by atoms with E-state index in [-0.39, 0.29) is 12.1 Å². The van der Waals surface area contributed by atoms with Gasteiger partial charge in [-0.3, -0.25) is 0 Å². The molecule has 2 unspecified atom stereocenters. The van der Waals surface area contributed by atoms with E-state index in [1.165, 1.54) is 0 Å². The lowest BCUT2D eigenvalue weighted by molar-refractivity contribution is 0.0585. The molecule has 0 spiro atoms. The molecule has 0 bridgehead atoms. The van der Waals surface area contributed by atoms with Crippen LogP contribution in [0.25, 0.3) is 0 Å². The number of nitrogens with zero attached hydrogens (tertiary/aromatic N) is 2. The highest BCUT2D eigenvalue weighted by Crippen LogP contribution is 2.34. The molecule has 5 heteroatoms. The fraction of sp³-hybridized carbons (Fsp3) is 0.438. The summed E-state index contributed by atoms with van der Waals surface area (Å²) in [6.45, 7) is 3.58. The number of aromatic nitrogens is 2. The van der Waals surface area contributed by atoms with Gasteiger partial charge in [0.1, 0.15) is 18.5 Å². The van der Waals surface area contributed by atoms with Crippen LogP contribution in [0.15, 0.2) is 36.7 Å². The molecule has 0 fully saturated rings. The quantitative estimate of drug-likeness (QED) is 0.916. The Labute approximate surface area is 124 Å². The first-order valence-corrected chi connectivity index (χ1v) is 7.38. The SMILES string of the molecule is CCCNC(c1nccn1C)C1COc2ccccc2O1. The van der Waals surface area contributed by atoms with Crippen molar-refractivity contribution in [2.45, 2.75) is 25.5 Å². The number of imidazole rings is 1. The van der Waals surface area contributed by atoms with Crippen molar-refractivity contribution in [1.29, 1.82) is 0 Å². The Morgan fingerprint density at radius 2 is 2.19 bits per heavy atom. The largest absolute Gasteiger partial charge is 0.486 e. The fourth-order valence-electron chi connectivity index (χ4n) is 2.57. The topological polar surface area (TPSA) is 48.3 Å². The van der Waals surface area contributed by atoms with Crippen molar-refractivity contribution in [3.05, 3.63) is 42.5 Å². The predicted octanol–water partition coefficient (Wildman–Crippen LogP) is 2.30. The van der Waals surface area contributed by atoms with E-state index in [4.69, 9.17) is 9.47 Å². The Kier molecular flexibility index (Phi) is 4.10. The van der Waals surface area contributed by atoms with Gasteiger partial charge in [0.25, 0.3) is 0 Å². The number of nitrogens with one attached hydrogen (secondary N) is 1.